The van der Waals surface area contributed by atoms with Gasteiger partial charge in [-0.2, -0.15) is 0 Å². The molecule has 0 aromatic heterocycles. The van der Waals surface area contributed by atoms with Gasteiger partial charge in [0, 0.05) is 13.1 Å². The highest BCUT2D eigenvalue weighted by molar-refractivity contribution is 5.86. The molecule has 1 atom stereocenters. The molecule has 0 radical (unpaired) electrons. The molecular formula is C8H15N3O5. The minimum Gasteiger partial charge on any atom is -0.480 e. The monoisotopic (exact) mass is 233 g/mol. The number of hydrogen-bond donors (Lipinski definition) is 4. The first-order chi connectivity index (χ1) is 7.51. The maximum atomic E-state index is 11.1. The van der Waals surface area contributed by atoms with E-state index in [-0.39, 0.29) is 13.1 Å². The Morgan fingerprint density at radius 2 is 2.06 bits per heavy atom. The van der Waals surface area contributed by atoms with Crippen molar-refractivity contribution < 1.29 is 24.2 Å². The van der Waals surface area contributed by atoms with E-state index in [4.69, 9.17) is 10.8 Å². The summed E-state index contributed by atoms with van der Waals surface area (Å²) in [4.78, 5) is 32.6. The smallest absolute Gasteiger partial charge is 0.326 e. The normalized spacial score (nSPS) is 11.4. The first-order valence-electron chi connectivity index (χ1n) is 4.55. The summed E-state index contributed by atoms with van der Waals surface area (Å²) in [5, 5.41) is 13.1. The number of nitrogens with one attached hydrogen (secondary N) is 2. The highest BCUT2D eigenvalue weighted by atomic mass is 16.5. The molecule has 92 valence electrons. The second kappa shape index (κ2) is 7.46. The van der Waals surface area contributed by atoms with Crippen molar-refractivity contribution in [3.05, 3.63) is 0 Å². The summed E-state index contributed by atoms with van der Waals surface area (Å²) in [7, 11) is 1.13. The molecule has 0 aliphatic heterocycles. The summed E-state index contributed by atoms with van der Waals surface area (Å²) in [6.07, 6.45) is -0.429. The van der Waals surface area contributed by atoms with Crippen LogP contribution in [0.1, 0.15) is 6.42 Å². The van der Waals surface area contributed by atoms with E-state index < -0.39 is 30.4 Å². The maximum absolute atomic E-state index is 11.1. The summed E-state index contributed by atoms with van der Waals surface area (Å²) in [6.45, 7) is 0.457. The number of nitrogens with two attached hydrogens (primary N) is 1. The zero-order valence-corrected chi connectivity index (χ0v) is 8.86. The van der Waals surface area contributed by atoms with Crippen molar-refractivity contribution in [1.82, 2.24) is 10.6 Å². The molecule has 0 aliphatic carbocycles. The van der Waals surface area contributed by atoms with Crippen LogP contribution in [0, 0.1) is 0 Å². The van der Waals surface area contributed by atoms with Gasteiger partial charge in [0.2, 0.25) is 0 Å². The Morgan fingerprint density at radius 1 is 1.44 bits per heavy atom. The van der Waals surface area contributed by atoms with E-state index in [0.717, 1.165) is 7.11 Å². The summed E-state index contributed by atoms with van der Waals surface area (Å²) in [6, 6.07) is -2.01. The number of aliphatic carboxylic acids is 1. The van der Waals surface area contributed by atoms with Crippen molar-refractivity contribution >= 4 is 18.0 Å². The zero-order valence-electron chi connectivity index (χ0n) is 8.86. The highest BCUT2D eigenvalue weighted by Crippen LogP contribution is 1.94. The van der Waals surface area contributed by atoms with Gasteiger partial charge < -0.3 is 26.2 Å². The molecule has 0 aromatic carbocycles. The first kappa shape index (κ1) is 14.2. The Morgan fingerprint density at radius 3 is 2.50 bits per heavy atom. The average Bonchev–Trinajstić information content (AvgIpc) is 2.24. The van der Waals surface area contributed by atoms with Crippen molar-refractivity contribution in [3.63, 3.8) is 0 Å². The van der Waals surface area contributed by atoms with Crippen LogP contribution < -0.4 is 16.4 Å². The van der Waals surface area contributed by atoms with E-state index in [1.54, 1.807) is 0 Å². The predicted molar refractivity (Wildman–Crippen MR) is 53.6 cm³/mol. The molecule has 0 saturated carbocycles. The number of ether oxygens (including phenoxy) is 1. The fraction of sp³-hybridized carbons (Fsp3) is 0.625. The summed E-state index contributed by atoms with van der Waals surface area (Å²) in [5.74, 6) is -2.03. The van der Waals surface area contributed by atoms with E-state index >= 15 is 0 Å². The van der Waals surface area contributed by atoms with Gasteiger partial charge in [-0.05, 0) is 0 Å². The van der Waals surface area contributed by atoms with Crippen molar-refractivity contribution in [2.75, 3.05) is 20.2 Å². The Bertz CT molecular complexity index is 268. The van der Waals surface area contributed by atoms with Crippen LogP contribution in [-0.2, 0) is 14.3 Å². The Kier molecular flexibility index (Phi) is 6.61. The van der Waals surface area contributed by atoms with Crippen LogP contribution in [0.5, 0.6) is 0 Å². The molecule has 0 spiro atoms. The number of urea groups is 1. The van der Waals surface area contributed by atoms with E-state index in [2.05, 4.69) is 15.4 Å². The lowest BCUT2D eigenvalue weighted by atomic mass is 10.2. The van der Waals surface area contributed by atoms with Crippen molar-refractivity contribution in [1.29, 1.82) is 0 Å². The highest BCUT2D eigenvalue weighted by Gasteiger charge is 2.23. The Hall–Kier alpha value is -1.83. The quantitative estimate of drug-likeness (QED) is 0.403. The molecule has 0 heterocycles. The second-order valence-electron chi connectivity index (χ2n) is 2.86. The van der Waals surface area contributed by atoms with Gasteiger partial charge in [-0.1, -0.05) is 0 Å². The number of carbonyl (C=O) groups excluding carboxylic acids is 2. The third-order valence-electron chi connectivity index (χ3n) is 1.63. The molecule has 2 amide bonds. The van der Waals surface area contributed by atoms with Crippen LogP contribution in [0.3, 0.4) is 0 Å². The minimum atomic E-state index is -1.31. The Balaban J connectivity index is 4.17. The predicted octanol–water partition coefficient (Wildman–Crippen LogP) is -1.74. The van der Waals surface area contributed by atoms with Crippen molar-refractivity contribution in [2.24, 2.45) is 5.73 Å². The number of carbonyl (C=O) groups is 3. The van der Waals surface area contributed by atoms with Gasteiger partial charge in [0.05, 0.1) is 13.5 Å². The molecule has 0 unspecified atom stereocenters. The number of carboxylic acids is 1. The van der Waals surface area contributed by atoms with Crippen molar-refractivity contribution in [3.8, 4) is 0 Å². The second-order valence-corrected chi connectivity index (χ2v) is 2.86. The fourth-order valence-corrected chi connectivity index (χ4v) is 0.845. The van der Waals surface area contributed by atoms with Crippen LogP contribution in [-0.4, -0.2) is 49.3 Å². The molecule has 8 nitrogen and oxygen atoms in total. The van der Waals surface area contributed by atoms with Crippen LogP contribution in [0.4, 0.5) is 4.79 Å². The van der Waals surface area contributed by atoms with E-state index in [1.807, 2.05) is 0 Å². The number of carboxylic acid groups (broad SMARTS) is 1. The summed E-state index contributed by atoms with van der Waals surface area (Å²) >= 11 is 0. The molecule has 0 bridgehead atoms. The Labute approximate surface area is 92.1 Å². The summed E-state index contributed by atoms with van der Waals surface area (Å²) in [5.41, 5.74) is 5.14. The molecule has 8 heteroatoms. The van der Waals surface area contributed by atoms with Crippen LogP contribution in [0.2, 0.25) is 0 Å². The van der Waals surface area contributed by atoms with Gasteiger partial charge in [0.1, 0.15) is 6.04 Å². The molecule has 5 N–H and O–H groups in total. The van der Waals surface area contributed by atoms with Crippen LogP contribution >= 0.6 is 0 Å². The van der Waals surface area contributed by atoms with E-state index in [9.17, 15) is 14.4 Å². The van der Waals surface area contributed by atoms with Crippen molar-refractivity contribution in [2.45, 2.75) is 12.5 Å². The van der Waals surface area contributed by atoms with Gasteiger partial charge in [0.25, 0.3) is 0 Å². The van der Waals surface area contributed by atoms with Gasteiger partial charge in [-0.15, -0.1) is 0 Å². The van der Waals surface area contributed by atoms with Gasteiger partial charge in [-0.25, -0.2) is 9.59 Å². The van der Waals surface area contributed by atoms with E-state index in [1.165, 1.54) is 0 Å². The minimum absolute atomic E-state index is 0.219. The topological polar surface area (TPSA) is 131 Å². The number of rotatable bonds is 6. The number of methoxy groups -OCH3 is 1. The lowest BCUT2D eigenvalue weighted by Crippen LogP contribution is -2.48. The molecule has 16 heavy (non-hydrogen) atoms. The van der Waals surface area contributed by atoms with Gasteiger partial charge in [0.15, 0.2) is 0 Å². The number of amides is 2. The molecule has 0 aromatic rings. The van der Waals surface area contributed by atoms with Gasteiger partial charge >= 0.3 is 18.0 Å². The first-order valence-corrected chi connectivity index (χ1v) is 4.55. The van der Waals surface area contributed by atoms with Crippen LogP contribution in [0.25, 0.3) is 0 Å². The lowest BCUT2D eigenvalue weighted by Gasteiger charge is -2.13. The number of hydrogen-bond acceptors (Lipinski definition) is 5. The SMILES string of the molecule is COC(=O)C[C@H](NC(=O)NCCN)C(=O)O. The average molecular weight is 233 g/mol. The fourth-order valence-electron chi connectivity index (χ4n) is 0.845. The summed E-state index contributed by atoms with van der Waals surface area (Å²) < 4.78 is 4.30. The standard InChI is InChI=1S/C8H15N3O5/c1-16-6(12)4-5(7(13)14)11-8(15)10-3-2-9/h5H,2-4,9H2,1H3,(H,13,14)(H2,10,11,15)/t5-/m0/s1. The molecule has 0 aliphatic rings. The third kappa shape index (κ3) is 5.81. The van der Waals surface area contributed by atoms with Crippen LogP contribution in [0.15, 0.2) is 0 Å². The molecular weight excluding hydrogens is 218 g/mol. The van der Waals surface area contributed by atoms with E-state index in [0.29, 0.717) is 0 Å². The maximum Gasteiger partial charge on any atom is 0.326 e. The molecule has 0 rings (SSSR count). The molecule has 0 fully saturated rings. The zero-order chi connectivity index (χ0) is 12.6. The molecule has 0 saturated heterocycles. The lowest BCUT2D eigenvalue weighted by molar-refractivity contribution is -0.147. The van der Waals surface area contributed by atoms with Gasteiger partial charge in [-0.3, -0.25) is 4.79 Å². The third-order valence-corrected chi connectivity index (χ3v) is 1.63. The number of esters is 1. The largest absolute Gasteiger partial charge is 0.480 e.